The minimum absolute atomic E-state index is 0.0592. The van der Waals surface area contributed by atoms with Crippen LogP contribution in [0.1, 0.15) is 37.4 Å². The van der Waals surface area contributed by atoms with Crippen molar-refractivity contribution in [3.63, 3.8) is 0 Å². The van der Waals surface area contributed by atoms with Crippen LogP contribution < -0.4 is 5.32 Å². The first-order valence-corrected chi connectivity index (χ1v) is 16.4. The number of benzene rings is 2. The van der Waals surface area contributed by atoms with Crippen LogP contribution in [0, 0.1) is 11.8 Å². The van der Waals surface area contributed by atoms with Gasteiger partial charge < -0.3 is 29.7 Å². The van der Waals surface area contributed by atoms with E-state index in [0.717, 1.165) is 5.52 Å². The molecular weight excluding hydrogens is 616 g/mol. The Morgan fingerprint density at radius 2 is 1.79 bits per heavy atom. The molecule has 3 amide bonds. The Hall–Kier alpha value is -4.88. The normalized spacial score (nSPS) is 29.7. The minimum Gasteiger partial charge on any atom is -0.455 e. The Morgan fingerprint density at radius 1 is 0.979 bits per heavy atom. The van der Waals surface area contributed by atoms with Crippen molar-refractivity contribution in [2.24, 2.45) is 11.8 Å². The molecule has 0 saturated carbocycles. The molecule has 2 N–H and O–H groups in total. The molecule has 13 nitrogen and oxygen atoms in total. The molecule has 48 heavy (non-hydrogen) atoms. The predicted molar refractivity (Wildman–Crippen MR) is 171 cm³/mol. The molecule has 1 aromatic heterocycles. The Morgan fingerprint density at radius 3 is 2.62 bits per heavy atom. The standard InChI is InChI=1S/C35H38N6O7/c42-20-9-8-19-40-31-33(45)39(22-41-25-14-5-4-13-24(25)37-38-41)18-10-17-35(31)30(32(40)44)29-26(48-35)15-6-7-16-28(43)36-21-27(47-34(29)46)23-11-2-1-3-12-23/h1-6,10-15,17,26-27,29-31,42H,7-9,16,18-22H2,(H,36,43)/b15-6-/t26-,27+,29+,30+,31-,35+/m1/s1. The number of amides is 3. The smallest absolute Gasteiger partial charge is 0.313 e. The van der Waals surface area contributed by atoms with Gasteiger partial charge in [0.1, 0.15) is 35.9 Å². The lowest BCUT2D eigenvalue weighted by atomic mass is 9.78. The van der Waals surface area contributed by atoms with Gasteiger partial charge in [0.2, 0.25) is 11.8 Å². The Kier molecular flexibility index (Phi) is 8.80. The third-order valence-electron chi connectivity index (χ3n) is 9.66. The van der Waals surface area contributed by atoms with E-state index in [-0.39, 0.29) is 57.1 Å². The molecule has 5 heterocycles. The number of nitrogens with zero attached hydrogens (tertiary/aromatic N) is 5. The molecule has 2 aromatic carbocycles. The summed E-state index contributed by atoms with van der Waals surface area (Å²) in [4.78, 5) is 59.1. The van der Waals surface area contributed by atoms with Crippen LogP contribution in [-0.2, 0) is 35.3 Å². The number of carbonyl (C=O) groups is 4. The monoisotopic (exact) mass is 654 g/mol. The zero-order valence-corrected chi connectivity index (χ0v) is 26.4. The quantitative estimate of drug-likeness (QED) is 0.221. The molecule has 0 aliphatic carbocycles. The number of carbonyl (C=O) groups excluding carboxylic acids is 4. The Balaban J connectivity index is 1.26. The van der Waals surface area contributed by atoms with E-state index in [4.69, 9.17) is 9.47 Å². The number of esters is 1. The first kappa shape index (κ1) is 31.7. The van der Waals surface area contributed by atoms with Crippen molar-refractivity contribution < 1.29 is 33.8 Å². The lowest BCUT2D eigenvalue weighted by molar-refractivity contribution is -0.160. The van der Waals surface area contributed by atoms with E-state index in [1.807, 2.05) is 60.7 Å². The number of aromatic nitrogens is 3. The first-order valence-electron chi connectivity index (χ1n) is 16.4. The highest BCUT2D eigenvalue weighted by molar-refractivity contribution is 5.99. The number of hydrogen-bond acceptors (Lipinski definition) is 9. The van der Waals surface area contributed by atoms with Crippen molar-refractivity contribution in [3.05, 3.63) is 84.5 Å². The van der Waals surface area contributed by atoms with Crippen LogP contribution in [0.4, 0.5) is 0 Å². The number of aliphatic hydroxyl groups excluding tert-OH is 1. The van der Waals surface area contributed by atoms with Crippen LogP contribution in [0.15, 0.2) is 78.9 Å². The van der Waals surface area contributed by atoms with Crippen molar-refractivity contribution in [3.8, 4) is 0 Å². The number of nitrogens with one attached hydrogen (secondary N) is 1. The number of ether oxygens (including phenoxy) is 2. The molecule has 6 atom stereocenters. The maximum Gasteiger partial charge on any atom is 0.313 e. The fourth-order valence-electron chi connectivity index (χ4n) is 7.40. The molecule has 0 radical (unpaired) electrons. The summed E-state index contributed by atoms with van der Waals surface area (Å²) in [5, 5.41) is 20.9. The number of cyclic esters (lactones) is 1. The molecule has 250 valence electrons. The number of fused-ring (bicyclic) bond motifs is 3. The molecule has 13 heteroatoms. The van der Waals surface area contributed by atoms with E-state index in [9.17, 15) is 24.3 Å². The molecule has 4 aliphatic rings. The molecule has 1 spiro atoms. The summed E-state index contributed by atoms with van der Waals surface area (Å²) >= 11 is 0. The summed E-state index contributed by atoms with van der Waals surface area (Å²) in [6.07, 6.45) is 6.93. The van der Waals surface area contributed by atoms with Gasteiger partial charge in [-0.05, 0) is 37.0 Å². The Bertz CT molecular complexity index is 1760. The van der Waals surface area contributed by atoms with Gasteiger partial charge in [0.15, 0.2) is 0 Å². The maximum atomic E-state index is 14.6. The number of unbranched alkanes of at least 4 members (excludes halogenated alkanes) is 1. The minimum atomic E-state index is -1.46. The van der Waals surface area contributed by atoms with Crippen LogP contribution in [0.25, 0.3) is 11.0 Å². The molecule has 0 unspecified atom stereocenters. The van der Waals surface area contributed by atoms with Crippen LogP contribution in [0.5, 0.6) is 0 Å². The first-order chi connectivity index (χ1) is 23.4. The van der Waals surface area contributed by atoms with Crippen LogP contribution in [0.3, 0.4) is 0 Å². The largest absolute Gasteiger partial charge is 0.455 e. The molecule has 2 saturated heterocycles. The zero-order valence-electron chi connectivity index (χ0n) is 26.4. The van der Waals surface area contributed by atoms with E-state index < -0.39 is 41.7 Å². The van der Waals surface area contributed by atoms with Crippen molar-refractivity contribution in [2.75, 3.05) is 26.2 Å². The van der Waals surface area contributed by atoms with Gasteiger partial charge in [-0.2, -0.15) is 0 Å². The predicted octanol–water partition coefficient (Wildman–Crippen LogP) is 1.89. The highest BCUT2D eigenvalue weighted by Crippen LogP contribution is 2.53. The lowest BCUT2D eigenvalue weighted by Crippen LogP contribution is -2.55. The average molecular weight is 655 g/mol. The molecule has 2 fully saturated rings. The van der Waals surface area contributed by atoms with E-state index in [2.05, 4.69) is 15.6 Å². The summed E-state index contributed by atoms with van der Waals surface area (Å²) < 4.78 is 14.5. The number of allylic oxidation sites excluding steroid dienone is 1. The fraction of sp³-hybridized carbons (Fsp3) is 0.429. The van der Waals surface area contributed by atoms with Crippen LogP contribution in [0.2, 0.25) is 0 Å². The SMILES string of the molecule is O=C1CC/C=C\[C@H]2O[C@]34C=CCN(Cn5nnc6ccccc65)C(=O)[C@H]3N(CCCCO)C(=O)[C@@H]4[C@H]2C(=O)O[C@H](c2ccccc2)CN1. The molecular formula is C35H38N6O7. The van der Waals surface area contributed by atoms with E-state index in [0.29, 0.717) is 30.3 Å². The summed E-state index contributed by atoms with van der Waals surface area (Å²) in [6.45, 7) is 0.525. The highest BCUT2D eigenvalue weighted by atomic mass is 16.6. The van der Waals surface area contributed by atoms with Gasteiger partial charge in [-0.25, -0.2) is 4.68 Å². The summed E-state index contributed by atoms with van der Waals surface area (Å²) in [5.74, 6) is -3.63. The zero-order chi connectivity index (χ0) is 33.3. The second-order valence-electron chi connectivity index (χ2n) is 12.6. The van der Waals surface area contributed by atoms with Crippen molar-refractivity contribution in [1.82, 2.24) is 30.1 Å². The van der Waals surface area contributed by atoms with Crippen molar-refractivity contribution >= 4 is 34.7 Å². The van der Waals surface area contributed by atoms with Gasteiger partial charge in [0.05, 0.1) is 24.1 Å². The lowest BCUT2D eigenvalue weighted by Gasteiger charge is -2.35. The number of likely N-dealkylation sites (tertiary alicyclic amines) is 1. The second kappa shape index (κ2) is 13.3. The number of aliphatic hydroxyl groups is 1. The van der Waals surface area contributed by atoms with Crippen molar-refractivity contribution in [2.45, 2.75) is 56.2 Å². The summed E-state index contributed by atoms with van der Waals surface area (Å²) in [5.41, 5.74) is 0.697. The van der Waals surface area contributed by atoms with Crippen LogP contribution >= 0.6 is 0 Å². The van der Waals surface area contributed by atoms with E-state index in [1.54, 1.807) is 27.8 Å². The second-order valence-corrected chi connectivity index (χ2v) is 12.6. The third kappa shape index (κ3) is 5.66. The number of rotatable bonds is 7. The number of para-hydroxylation sites is 1. The summed E-state index contributed by atoms with van der Waals surface area (Å²) in [6, 6.07) is 15.5. The van der Waals surface area contributed by atoms with Gasteiger partial charge in [0, 0.05) is 26.1 Å². The topological polar surface area (TPSA) is 156 Å². The Labute approximate surface area is 277 Å². The van der Waals surface area contributed by atoms with E-state index in [1.165, 1.54) is 4.90 Å². The summed E-state index contributed by atoms with van der Waals surface area (Å²) in [7, 11) is 0. The third-order valence-corrected chi connectivity index (χ3v) is 9.66. The molecule has 0 bridgehead atoms. The average Bonchev–Trinajstić information content (AvgIpc) is 3.69. The van der Waals surface area contributed by atoms with Gasteiger partial charge in [0.25, 0.3) is 5.91 Å². The molecule has 7 rings (SSSR count). The highest BCUT2D eigenvalue weighted by Gasteiger charge is 2.71. The number of hydrogen-bond donors (Lipinski definition) is 2. The van der Waals surface area contributed by atoms with Gasteiger partial charge >= 0.3 is 5.97 Å². The van der Waals surface area contributed by atoms with Crippen LogP contribution in [-0.4, -0.2) is 97.6 Å². The molecule has 4 aliphatic heterocycles. The molecule has 3 aromatic rings. The van der Waals surface area contributed by atoms with Crippen molar-refractivity contribution in [1.29, 1.82) is 0 Å². The van der Waals surface area contributed by atoms with Gasteiger partial charge in [-0.15, -0.1) is 5.10 Å². The fourth-order valence-corrected chi connectivity index (χ4v) is 7.40. The van der Waals surface area contributed by atoms with Gasteiger partial charge in [-0.1, -0.05) is 72.0 Å². The van der Waals surface area contributed by atoms with Gasteiger partial charge in [-0.3, -0.25) is 19.2 Å². The maximum absolute atomic E-state index is 14.6. The van der Waals surface area contributed by atoms with E-state index >= 15 is 0 Å².